The molecule has 3 amide bonds. The smallest absolute Gasteiger partial charge is 0.317 e. The van der Waals surface area contributed by atoms with E-state index in [0.717, 1.165) is 18.4 Å². The molecule has 1 N–H and O–H groups in total. The van der Waals surface area contributed by atoms with Crippen LogP contribution in [0.2, 0.25) is 0 Å². The van der Waals surface area contributed by atoms with Gasteiger partial charge in [-0.25, -0.2) is 4.79 Å². The Bertz CT molecular complexity index is 930. The Kier molecular flexibility index (Phi) is 9.00. The second-order valence-corrected chi connectivity index (χ2v) is 9.55. The molecule has 3 rings (SSSR count). The van der Waals surface area contributed by atoms with Crippen molar-refractivity contribution in [2.75, 3.05) is 39.9 Å². The minimum Gasteiger partial charge on any atom is -0.493 e. The number of rotatable bonds is 10. The Labute approximate surface area is 200 Å². The van der Waals surface area contributed by atoms with Crippen LogP contribution in [-0.4, -0.2) is 61.6 Å². The number of hydrogen-bond donors (Lipinski definition) is 1. The highest BCUT2D eigenvalue weighted by Crippen LogP contribution is 2.35. The number of fused-ring (bicyclic) bond motifs is 1. The number of amides is 3. The Morgan fingerprint density at radius 3 is 2.70 bits per heavy atom. The number of nitrogens with one attached hydrogen (secondary N) is 1. The van der Waals surface area contributed by atoms with Crippen molar-refractivity contribution in [3.8, 4) is 11.5 Å². The molecule has 1 aliphatic heterocycles. The molecule has 180 valence electrons. The van der Waals surface area contributed by atoms with Gasteiger partial charge in [0.1, 0.15) is 13.2 Å². The number of thiophene rings is 1. The van der Waals surface area contributed by atoms with Crippen molar-refractivity contribution in [1.29, 1.82) is 0 Å². The van der Waals surface area contributed by atoms with Crippen molar-refractivity contribution in [3.05, 3.63) is 46.2 Å². The number of ether oxygens (including phenoxy) is 2. The van der Waals surface area contributed by atoms with E-state index in [-0.39, 0.29) is 24.5 Å². The summed E-state index contributed by atoms with van der Waals surface area (Å²) in [6.07, 6.45) is 1.66. The number of benzene rings is 1. The van der Waals surface area contributed by atoms with E-state index in [1.807, 2.05) is 36.1 Å². The maximum Gasteiger partial charge on any atom is 0.317 e. The van der Waals surface area contributed by atoms with Crippen LogP contribution >= 0.6 is 11.3 Å². The molecule has 0 spiro atoms. The fraction of sp³-hybridized carbons (Fsp3) is 0.520. The highest BCUT2D eigenvalue weighted by Gasteiger charge is 2.33. The van der Waals surface area contributed by atoms with Crippen molar-refractivity contribution in [1.82, 2.24) is 15.1 Å². The Balaban J connectivity index is 1.77. The maximum absolute atomic E-state index is 13.5. The number of carbonyl (C=O) groups is 2. The molecule has 8 heteroatoms. The summed E-state index contributed by atoms with van der Waals surface area (Å²) < 4.78 is 11.5. The van der Waals surface area contributed by atoms with Gasteiger partial charge in [0, 0.05) is 24.5 Å². The monoisotopic (exact) mass is 473 g/mol. The summed E-state index contributed by atoms with van der Waals surface area (Å²) in [4.78, 5) is 30.9. The number of nitrogens with zero attached hydrogens (tertiary/aromatic N) is 2. The van der Waals surface area contributed by atoms with E-state index in [9.17, 15) is 9.59 Å². The molecule has 2 heterocycles. The second-order valence-electron chi connectivity index (χ2n) is 8.55. The van der Waals surface area contributed by atoms with Crippen LogP contribution in [0.4, 0.5) is 4.79 Å². The van der Waals surface area contributed by atoms with E-state index >= 15 is 0 Å². The van der Waals surface area contributed by atoms with Crippen molar-refractivity contribution in [2.45, 2.75) is 39.7 Å². The molecule has 0 radical (unpaired) electrons. The molecule has 33 heavy (non-hydrogen) atoms. The minimum absolute atomic E-state index is 0.0587. The molecule has 1 atom stereocenters. The van der Waals surface area contributed by atoms with Crippen molar-refractivity contribution in [2.24, 2.45) is 5.92 Å². The van der Waals surface area contributed by atoms with E-state index in [1.54, 1.807) is 23.3 Å². The summed E-state index contributed by atoms with van der Waals surface area (Å²) in [6.45, 7) is 8.19. The van der Waals surface area contributed by atoms with Gasteiger partial charge in [-0.05, 0) is 54.8 Å². The summed E-state index contributed by atoms with van der Waals surface area (Å²) in [7, 11) is 1.61. The molecule has 0 fully saturated rings. The van der Waals surface area contributed by atoms with Crippen LogP contribution in [0.5, 0.6) is 11.5 Å². The van der Waals surface area contributed by atoms with Gasteiger partial charge in [-0.1, -0.05) is 26.0 Å². The van der Waals surface area contributed by atoms with Crippen molar-refractivity contribution >= 4 is 23.3 Å². The maximum atomic E-state index is 13.5. The number of carbonyl (C=O) groups excluding carboxylic acids is 2. The zero-order valence-electron chi connectivity index (χ0n) is 20.0. The summed E-state index contributed by atoms with van der Waals surface area (Å²) in [5.74, 6) is 1.70. The first-order chi connectivity index (χ1) is 15.9. The fourth-order valence-corrected chi connectivity index (χ4v) is 4.89. The number of hydrogen-bond acceptors (Lipinski definition) is 5. The number of para-hydroxylation sites is 2. The van der Waals surface area contributed by atoms with E-state index in [4.69, 9.17) is 9.47 Å². The summed E-state index contributed by atoms with van der Waals surface area (Å²) in [5, 5.41) is 4.91. The molecular weight excluding hydrogens is 438 g/mol. The molecule has 0 saturated carbocycles. The molecule has 1 aromatic carbocycles. The van der Waals surface area contributed by atoms with Gasteiger partial charge in [0.25, 0.3) is 0 Å². The predicted octanol–water partition coefficient (Wildman–Crippen LogP) is 4.34. The van der Waals surface area contributed by atoms with Gasteiger partial charge in [-0.15, -0.1) is 11.3 Å². The van der Waals surface area contributed by atoms with Gasteiger partial charge in [0.2, 0.25) is 5.91 Å². The zero-order valence-corrected chi connectivity index (χ0v) is 20.8. The van der Waals surface area contributed by atoms with Gasteiger partial charge < -0.3 is 24.6 Å². The van der Waals surface area contributed by atoms with Crippen LogP contribution in [0.25, 0.3) is 0 Å². The fourth-order valence-electron chi connectivity index (χ4n) is 3.96. The largest absolute Gasteiger partial charge is 0.493 e. The summed E-state index contributed by atoms with van der Waals surface area (Å²) in [5.41, 5.74) is 1.13. The lowest BCUT2D eigenvalue weighted by atomic mass is 10.0. The first-order valence-electron chi connectivity index (χ1n) is 11.6. The first kappa shape index (κ1) is 24.9. The molecule has 1 unspecified atom stereocenters. The molecule has 1 aliphatic rings. The lowest BCUT2D eigenvalue weighted by molar-refractivity contribution is -0.135. The zero-order chi connectivity index (χ0) is 23.8. The third kappa shape index (κ3) is 6.41. The van der Waals surface area contributed by atoms with Crippen LogP contribution in [0.3, 0.4) is 0 Å². The van der Waals surface area contributed by atoms with Crippen LogP contribution in [0.15, 0.2) is 35.7 Å². The predicted molar refractivity (Wildman–Crippen MR) is 131 cm³/mol. The van der Waals surface area contributed by atoms with Crippen molar-refractivity contribution in [3.63, 3.8) is 0 Å². The average Bonchev–Trinajstić information content (AvgIpc) is 3.29. The topological polar surface area (TPSA) is 71.1 Å². The Morgan fingerprint density at radius 1 is 1.24 bits per heavy atom. The van der Waals surface area contributed by atoms with E-state index < -0.39 is 0 Å². The van der Waals surface area contributed by atoms with Gasteiger partial charge >= 0.3 is 6.03 Å². The summed E-state index contributed by atoms with van der Waals surface area (Å²) >= 11 is 1.72. The van der Waals surface area contributed by atoms with Crippen molar-refractivity contribution < 1.29 is 19.1 Å². The molecule has 2 aromatic rings. The van der Waals surface area contributed by atoms with E-state index in [0.29, 0.717) is 43.7 Å². The average molecular weight is 474 g/mol. The third-order valence-electron chi connectivity index (χ3n) is 5.80. The quantitative estimate of drug-likeness (QED) is 0.557. The first-order valence-corrected chi connectivity index (χ1v) is 12.5. The highest BCUT2D eigenvalue weighted by atomic mass is 32.1. The highest BCUT2D eigenvalue weighted by molar-refractivity contribution is 7.10. The lowest BCUT2D eigenvalue weighted by Gasteiger charge is -2.37. The van der Waals surface area contributed by atoms with Crippen LogP contribution in [-0.2, 0) is 11.2 Å². The van der Waals surface area contributed by atoms with Crippen LogP contribution in [0, 0.1) is 5.92 Å². The van der Waals surface area contributed by atoms with Crippen LogP contribution in [0.1, 0.15) is 43.7 Å². The van der Waals surface area contributed by atoms with Gasteiger partial charge in [-0.3, -0.25) is 4.79 Å². The Morgan fingerprint density at radius 2 is 2.00 bits per heavy atom. The Hall–Kier alpha value is -2.74. The lowest BCUT2D eigenvalue weighted by Crippen LogP contribution is -2.50. The molecular formula is C25H35N3O4S. The van der Waals surface area contributed by atoms with Crippen LogP contribution < -0.4 is 14.8 Å². The molecule has 7 nitrogen and oxygen atoms in total. The molecule has 0 saturated heterocycles. The number of urea groups is 1. The minimum atomic E-state index is -0.210. The SMILES string of the molecule is CCNC(=O)N(CCC(C)C)CC(=O)N1CCc2sccc2C1COc1ccccc1OC. The molecule has 0 bridgehead atoms. The van der Waals surface area contributed by atoms with Gasteiger partial charge in [0.15, 0.2) is 11.5 Å². The second kappa shape index (κ2) is 11.9. The third-order valence-corrected chi connectivity index (χ3v) is 6.80. The molecule has 1 aromatic heterocycles. The van der Waals surface area contributed by atoms with Gasteiger partial charge in [0.05, 0.1) is 13.2 Å². The van der Waals surface area contributed by atoms with E-state index in [1.165, 1.54) is 4.88 Å². The van der Waals surface area contributed by atoms with Gasteiger partial charge in [-0.2, -0.15) is 0 Å². The summed E-state index contributed by atoms with van der Waals surface area (Å²) in [6, 6.07) is 9.19. The normalized spacial score (nSPS) is 15.2. The standard InChI is InChI=1S/C25H35N3O4S/c1-5-26-25(30)27(13-10-18(2)3)16-24(29)28-14-11-23-19(12-15-33-23)20(28)17-32-22-9-7-6-8-21(22)31-4/h6-9,12,15,18,20H,5,10-11,13-14,16-17H2,1-4H3,(H,26,30). The van der Waals surface area contributed by atoms with E-state index in [2.05, 4.69) is 30.6 Å². The number of methoxy groups -OCH3 is 1. The molecule has 0 aliphatic carbocycles.